The van der Waals surface area contributed by atoms with E-state index in [0.717, 1.165) is 12.8 Å². The third kappa shape index (κ3) is 4.64. The van der Waals surface area contributed by atoms with E-state index in [9.17, 15) is 9.59 Å². The molecule has 1 N–H and O–H groups in total. The van der Waals surface area contributed by atoms with Gasteiger partial charge in [-0.1, -0.05) is 25.5 Å². The molecule has 1 heterocycles. The van der Waals surface area contributed by atoms with Crippen molar-refractivity contribution in [3.8, 4) is 0 Å². The van der Waals surface area contributed by atoms with Crippen LogP contribution in [-0.2, 0) is 22.5 Å². The maximum absolute atomic E-state index is 12.2. The van der Waals surface area contributed by atoms with Gasteiger partial charge >= 0.3 is 5.97 Å². The molecule has 0 saturated carbocycles. The number of nitrogens with one attached hydrogen (secondary N) is 1. The monoisotopic (exact) mass is 313 g/mol. The number of nitrogens with zero attached hydrogens (tertiary/aromatic N) is 1. The van der Waals surface area contributed by atoms with Gasteiger partial charge in [0.25, 0.3) is 5.91 Å². The van der Waals surface area contributed by atoms with E-state index in [4.69, 9.17) is 4.74 Å². The van der Waals surface area contributed by atoms with Gasteiger partial charge in [0.2, 0.25) is 6.54 Å². The van der Waals surface area contributed by atoms with E-state index < -0.39 is 5.97 Å². The molecule has 0 saturated heterocycles. The van der Waals surface area contributed by atoms with Gasteiger partial charge in [0.05, 0.1) is 18.4 Å². The average molecular weight is 313 g/mol. The zero-order chi connectivity index (χ0) is 16.7. The Morgan fingerprint density at radius 1 is 1.13 bits per heavy atom. The lowest BCUT2D eigenvalue weighted by atomic mass is 10.1. The maximum atomic E-state index is 12.2. The second-order valence-corrected chi connectivity index (χ2v) is 5.21. The van der Waals surface area contributed by atoms with E-state index in [1.54, 1.807) is 28.8 Å². The Bertz CT molecular complexity index is 681. The topological polar surface area (TPSA) is 59.3 Å². The smallest absolute Gasteiger partial charge is 0.339 e. The lowest BCUT2D eigenvalue weighted by Crippen LogP contribution is -2.39. The van der Waals surface area contributed by atoms with E-state index in [-0.39, 0.29) is 12.5 Å². The standard InChI is InChI=1S/C18H20N2O3/c1-3-6-14-9-11-20(12-10-14)13-17(21)19-16-8-5-4-7-15(16)18(22)23-2/h4-5,7-12H,3,6,13H2,1-2H3/p+1. The minimum atomic E-state index is -0.475. The summed E-state index contributed by atoms with van der Waals surface area (Å²) < 4.78 is 6.52. The fraction of sp³-hybridized carbons (Fsp3) is 0.278. The van der Waals surface area contributed by atoms with Crippen molar-refractivity contribution in [2.75, 3.05) is 12.4 Å². The van der Waals surface area contributed by atoms with E-state index >= 15 is 0 Å². The van der Waals surface area contributed by atoms with Crippen molar-refractivity contribution in [1.29, 1.82) is 0 Å². The minimum Gasteiger partial charge on any atom is -0.465 e. The van der Waals surface area contributed by atoms with Crippen molar-refractivity contribution in [1.82, 2.24) is 0 Å². The first-order chi connectivity index (χ1) is 11.1. The third-order valence-electron chi connectivity index (χ3n) is 3.43. The van der Waals surface area contributed by atoms with E-state index in [1.807, 2.05) is 24.5 Å². The number of aromatic nitrogens is 1. The summed E-state index contributed by atoms with van der Waals surface area (Å²) in [6, 6.07) is 10.8. The number of rotatable bonds is 6. The Balaban J connectivity index is 2.04. The van der Waals surface area contributed by atoms with Gasteiger partial charge in [-0.05, 0) is 24.1 Å². The third-order valence-corrected chi connectivity index (χ3v) is 3.43. The van der Waals surface area contributed by atoms with Crippen molar-refractivity contribution < 1.29 is 18.9 Å². The Morgan fingerprint density at radius 3 is 2.48 bits per heavy atom. The highest BCUT2D eigenvalue weighted by Crippen LogP contribution is 2.15. The molecule has 1 aromatic heterocycles. The number of carbonyl (C=O) groups is 2. The average Bonchev–Trinajstić information content (AvgIpc) is 2.56. The maximum Gasteiger partial charge on any atom is 0.339 e. The molecule has 5 heteroatoms. The molecule has 0 spiro atoms. The molecule has 0 aliphatic rings. The summed E-state index contributed by atoms with van der Waals surface area (Å²) in [6.45, 7) is 2.31. The van der Waals surface area contributed by atoms with Gasteiger partial charge in [0.1, 0.15) is 0 Å². The van der Waals surface area contributed by atoms with Crippen LogP contribution >= 0.6 is 0 Å². The van der Waals surface area contributed by atoms with Crippen molar-refractivity contribution in [2.24, 2.45) is 0 Å². The number of ether oxygens (including phenoxy) is 1. The molecule has 2 rings (SSSR count). The second-order valence-electron chi connectivity index (χ2n) is 5.21. The van der Waals surface area contributed by atoms with Crippen LogP contribution in [0.25, 0.3) is 0 Å². The number of carbonyl (C=O) groups excluding carboxylic acids is 2. The number of hydrogen-bond donors (Lipinski definition) is 1. The van der Waals surface area contributed by atoms with Crippen LogP contribution in [0.2, 0.25) is 0 Å². The lowest BCUT2D eigenvalue weighted by Gasteiger charge is -2.08. The SMILES string of the molecule is CCCc1cc[n+](CC(=O)Nc2ccccc2C(=O)OC)cc1. The van der Waals surface area contributed by atoms with Crippen molar-refractivity contribution in [3.05, 3.63) is 59.9 Å². The summed E-state index contributed by atoms with van der Waals surface area (Å²) >= 11 is 0. The fourth-order valence-corrected chi connectivity index (χ4v) is 2.28. The number of para-hydroxylation sites is 1. The Labute approximate surface area is 135 Å². The van der Waals surface area contributed by atoms with E-state index in [0.29, 0.717) is 11.3 Å². The molecular formula is C18H21N2O3+. The van der Waals surface area contributed by atoms with Crippen molar-refractivity contribution in [2.45, 2.75) is 26.3 Å². The molecule has 5 nitrogen and oxygen atoms in total. The predicted molar refractivity (Wildman–Crippen MR) is 87.0 cm³/mol. The van der Waals surface area contributed by atoms with Gasteiger partial charge in [0, 0.05) is 12.1 Å². The molecule has 0 unspecified atom stereocenters. The molecular weight excluding hydrogens is 292 g/mol. The first-order valence-electron chi connectivity index (χ1n) is 7.59. The van der Waals surface area contributed by atoms with E-state index in [1.165, 1.54) is 12.7 Å². The number of pyridine rings is 1. The highest BCUT2D eigenvalue weighted by atomic mass is 16.5. The number of hydrogen-bond acceptors (Lipinski definition) is 3. The normalized spacial score (nSPS) is 10.2. The molecule has 0 aliphatic carbocycles. The summed E-state index contributed by atoms with van der Waals surface area (Å²) in [7, 11) is 1.31. The predicted octanol–water partition coefficient (Wildman–Crippen LogP) is 2.35. The van der Waals surface area contributed by atoms with Crippen LogP contribution in [0.15, 0.2) is 48.8 Å². The first kappa shape index (κ1) is 16.7. The number of amides is 1. The molecule has 1 aromatic carbocycles. The van der Waals surface area contributed by atoms with Crippen LogP contribution < -0.4 is 9.88 Å². The van der Waals surface area contributed by atoms with Crippen LogP contribution in [-0.4, -0.2) is 19.0 Å². The first-order valence-corrected chi connectivity index (χ1v) is 7.59. The number of aryl methyl sites for hydroxylation is 1. The Hall–Kier alpha value is -2.69. The molecule has 120 valence electrons. The number of esters is 1. The van der Waals surface area contributed by atoms with Crippen molar-refractivity contribution in [3.63, 3.8) is 0 Å². The van der Waals surface area contributed by atoms with Gasteiger partial charge in [-0.2, -0.15) is 4.57 Å². The van der Waals surface area contributed by atoms with Gasteiger partial charge < -0.3 is 10.1 Å². The van der Waals surface area contributed by atoms with Gasteiger partial charge in [-0.25, -0.2) is 4.79 Å². The molecule has 23 heavy (non-hydrogen) atoms. The van der Waals surface area contributed by atoms with E-state index in [2.05, 4.69) is 12.2 Å². The molecule has 1 amide bonds. The highest BCUT2D eigenvalue weighted by molar-refractivity contribution is 6.00. The summed E-state index contributed by atoms with van der Waals surface area (Å²) in [6.07, 6.45) is 5.89. The summed E-state index contributed by atoms with van der Waals surface area (Å²) in [5.41, 5.74) is 2.04. The Morgan fingerprint density at radius 2 is 1.83 bits per heavy atom. The quantitative estimate of drug-likeness (QED) is 0.658. The largest absolute Gasteiger partial charge is 0.465 e. The van der Waals surface area contributed by atoms with Crippen molar-refractivity contribution >= 4 is 17.6 Å². The zero-order valence-corrected chi connectivity index (χ0v) is 13.4. The number of anilines is 1. The Kier molecular flexibility index (Phi) is 5.86. The van der Waals surface area contributed by atoms with Crippen LogP contribution in [0.1, 0.15) is 29.3 Å². The van der Waals surface area contributed by atoms with Gasteiger partial charge in [-0.15, -0.1) is 0 Å². The van der Waals surface area contributed by atoms with Crippen LogP contribution in [0.4, 0.5) is 5.69 Å². The van der Waals surface area contributed by atoms with Crippen LogP contribution in [0, 0.1) is 0 Å². The summed E-state index contributed by atoms with van der Waals surface area (Å²) in [4.78, 5) is 23.9. The summed E-state index contributed by atoms with van der Waals surface area (Å²) in [5, 5.41) is 2.75. The highest BCUT2D eigenvalue weighted by Gasteiger charge is 2.15. The number of benzene rings is 1. The van der Waals surface area contributed by atoms with Crippen LogP contribution in [0.5, 0.6) is 0 Å². The molecule has 2 aromatic rings. The van der Waals surface area contributed by atoms with Crippen LogP contribution in [0.3, 0.4) is 0 Å². The minimum absolute atomic E-state index is 0.182. The lowest BCUT2D eigenvalue weighted by molar-refractivity contribution is -0.684. The molecule has 0 fully saturated rings. The molecule has 0 radical (unpaired) electrons. The zero-order valence-electron chi connectivity index (χ0n) is 13.4. The molecule has 0 bridgehead atoms. The molecule has 0 aliphatic heterocycles. The molecule has 0 atom stereocenters. The fourth-order valence-electron chi connectivity index (χ4n) is 2.28. The second kappa shape index (κ2) is 8.08. The number of methoxy groups -OCH3 is 1. The summed E-state index contributed by atoms with van der Waals surface area (Å²) in [5.74, 6) is -0.674. The van der Waals surface area contributed by atoms with Gasteiger partial charge in [-0.3, -0.25) is 4.79 Å². The van der Waals surface area contributed by atoms with Gasteiger partial charge in [0.15, 0.2) is 12.4 Å².